The van der Waals surface area contributed by atoms with Gasteiger partial charge in [-0.1, -0.05) is 0 Å². The maximum atomic E-state index is 12.2. The number of carbonyl (C=O) groups excluding carboxylic acids is 2. The summed E-state index contributed by atoms with van der Waals surface area (Å²) in [6.07, 6.45) is -0.473. The molecule has 0 bridgehead atoms. The lowest BCUT2D eigenvalue weighted by Crippen LogP contribution is -2.68. The van der Waals surface area contributed by atoms with Gasteiger partial charge in [-0.2, -0.15) is 0 Å². The van der Waals surface area contributed by atoms with Crippen LogP contribution >= 0.6 is 11.8 Å². The number of thioether (sulfide) groups is 1. The zero-order valence-corrected chi connectivity index (χ0v) is 14.9. The van der Waals surface area contributed by atoms with Crippen molar-refractivity contribution in [1.82, 2.24) is 10.6 Å². The smallest absolute Gasteiger partial charge is 0.305 e. The summed E-state index contributed by atoms with van der Waals surface area (Å²) in [5.74, 6) is -2.11. The van der Waals surface area contributed by atoms with Crippen LogP contribution in [0.2, 0.25) is 0 Å². The normalized spacial score (nSPS) is 21.1. The van der Waals surface area contributed by atoms with Crippen molar-refractivity contribution in [2.24, 2.45) is 5.73 Å². The molecule has 8 nitrogen and oxygen atoms in total. The third-order valence-electron chi connectivity index (χ3n) is 3.69. The maximum absolute atomic E-state index is 12.2. The molecule has 0 aliphatic carbocycles. The van der Waals surface area contributed by atoms with E-state index < -0.39 is 30.4 Å². The predicted octanol–water partition coefficient (Wildman–Crippen LogP) is -0.743. The average molecular weight is 349 g/mol. The van der Waals surface area contributed by atoms with E-state index in [1.807, 2.05) is 0 Å². The van der Waals surface area contributed by atoms with Gasteiger partial charge in [0.1, 0.15) is 6.04 Å². The number of rotatable bonds is 6. The lowest BCUT2D eigenvalue weighted by atomic mass is 9.89. The molecule has 0 saturated carbocycles. The Morgan fingerprint density at radius 2 is 1.65 bits per heavy atom. The lowest BCUT2D eigenvalue weighted by Gasteiger charge is -2.57. The number of carboxylic acids is 1. The summed E-state index contributed by atoms with van der Waals surface area (Å²) >= 11 is 1.79. The molecule has 0 radical (unpaired) electrons. The molecule has 1 heterocycles. The van der Waals surface area contributed by atoms with Crippen molar-refractivity contribution in [3.8, 4) is 0 Å². The van der Waals surface area contributed by atoms with Crippen LogP contribution in [-0.4, -0.2) is 56.0 Å². The van der Waals surface area contributed by atoms with Gasteiger partial charge in [-0.25, -0.2) is 0 Å². The van der Waals surface area contributed by atoms with E-state index in [2.05, 4.69) is 38.3 Å². The first kappa shape index (κ1) is 21.7. The molecular weight excluding hydrogens is 322 g/mol. The Bertz CT molecular complexity index is 467. The molecule has 1 rings (SSSR count). The fourth-order valence-corrected chi connectivity index (χ4v) is 4.97. The summed E-state index contributed by atoms with van der Waals surface area (Å²) in [6, 6.07) is -1.95. The summed E-state index contributed by atoms with van der Waals surface area (Å²) in [5.41, 5.74) is 5.46. The van der Waals surface area contributed by atoms with Gasteiger partial charge in [0.15, 0.2) is 0 Å². The number of nitrogens with two attached hydrogens (primary N) is 1. The van der Waals surface area contributed by atoms with Gasteiger partial charge in [0.2, 0.25) is 11.8 Å². The average Bonchev–Trinajstić information content (AvgIpc) is 2.32. The molecule has 2 atom stereocenters. The van der Waals surface area contributed by atoms with Crippen LogP contribution in [0.15, 0.2) is 0 Å². The molecule has 134 valence electrons. The quantitative estimate of drug-likeness (QED) is 0.495. The zero-order chi connectivity index (χ0) is 17.3. The lowest BCUT2D eigenvalue weighted by molar-refractivity contribution is -0.139. The van der Waals surface area contributed by atoms with E-state index in [9.17, 15) is 14.4 Å². The van der Waals surface area contributed by atoms with Gasteiger partial charge in [-0.3, -0.25) is 14.4 Å². The second-order valence-electron chi connectivity index (χ2n) is 6.69. The molecule has 1 aliphatic heterocycles. The van der Waals surface area contributed by atoms with Crippen LogP contribution in [0.3, 0.4) is 0 Å². The number of hydrogen-bond donors (Lipinski definition) is 4. The molecule has 0 spiro atoms. The first-order chi connectivity index (χ1) is 9.86. The van der Waals surface area contributed by atoms with Crippen molar-refractivity contribution < 1.29 is 25.0 Å². The second kappa shape index (κ2) is 7.50. The minimum Gasteiger partial charge on any atom is -0.481 e. The number of amides is 2. The Hall–Kier alpha value is -1.32. The highest BCUT2D eigenvalue weighted by atomic mass is 32.2. The highest BCUT2D eigenvalue weighted by molar-refractivity contribution is 8.03. The Labute approximate surface area is 140 Å². The van der Waals surface area contributed by atoms with E-state index >= 15 is 0 Å². The third kappa shape index (κ3) is 5.36. The van der Waals surface area contributed by atoms with Crippen molar-refractivity contribution in [2.45, 2.75) is 68.7 Å². The number of carboxylic acid groups (broad SMARTS) is 1. The monoisotopic (exact) mass is 349 g/mol. The van der Waals surface area contributed by atoms with Gasteiger partial charge in [-0.15, -0.1) is 11.8 Å². The molecule has 2 amide bonds. The Balaban J connectivity index is 0.00000484. The predicted molar refractivity (Wildman–Crippen MR) is 89.1 cm³/mol. The Morgan fingerprint density at radius 1 is 1.17 bits per heavy atom. The molecule has 0 aromatic carbocycles. The van der Waals surface area contributed by atoms with Gasteiger partial charge in [-0.05, 0) is 34.6 Å². The van der Waals surface area contributed by atoms with E-state index in [0.717, 1.165) is 0 Å². The van der Waals surface area contributed by atoms with Crippen molar-refractivity contribution >= 4 is 29.5 Å². The van der Waals surface area contributed by atoms with Crippen LogP contribution < -0.4 is 16.4 Å². The molecule has 23 heavy (non-hydrogen) atoms. The molecular formula is C14H27N3O5S. The standard InChI is InChI=1S/C14H25N3O4S.H2O/c1-7(16-11(21)8(15)6-9(18)19)10(20)17-12-13(2,3)22-14(12,4)5;/h7-8,12H,6,15H2,1-5H3,(H,16,21)(H,17,20)(H,18,19);1H2. The van der Waals surface area contributed by atoms with Crippen molar-refractivity contribution in [2.75, 3.05) is 0 Å². The molecule has 7 N–H and O–H groups in total. The van der Waals surface area contributed by atoms with Crippen LogP contribution in [0, 0.1) is 0 Å². The SMILES string of the molecule is CC(NC(=O)C(N)CC(=O)O)C(=O)NC1C(C)(C)SC1(C)C.O. The van der Waals surface area contributed by atoms with E-state index in [0.29, 0.717) is 0 Å². The second-order valence-corrected chi connectivity index (χ2v) is 8.99. The van der Waals surface area contributed by atoms with E-state index in [1.54, 1.807) is 18.7 Å². The van der Waals surface area contributed by atoms with Crippen molar-refractivity contribution in [3.05, 3.63) is 0 Å². The molecule has 0 aromatic heterocycles. The summed E-state index contributed by atoms with van der Waals surface area (Å²) in [7, 11) is 0. The van der Waals surface area contributed by atoms with Gasteiger partial charge in [0.05, 0.1) is 18.5 Å². The Morgan fingerprint density at radius 3 is 2.04 bits per heavy atom. The molecule has 2 unspecified atom stereocenters. The Kier molecular flexibility index (Phi) is 7.07. The molecule has 1 saturated heterocycles. The van der Waals surface area contributed by atoms with Crippen LogP contribution in [0.4, 0.5) is 0 Å². The van der Waals surface area contributed by atoms with Crippen LogP contribution in [0.5, 0.6) is 0 Å². The molecule has 9 heteroatoms. The highest BCUT2D eigenvalue weighted by Crippen LogP contribution is 2.54. The van der Waals surface area contributed by atoms with Crippen LogP contribution in [-0.2, 0) is 14.4 Å². The minimum absolute atomic E-state index is 0. The van der Waals surface area contributed by atoms with E-state index in [-0.39, 0.29) is 26.9 Å². The van der Waals surface area contributed by atoms with Crippen LogP contribution in [0.1, 0.15) is 41.0 Å². The number of aliphatic carboxylic acids is 1. The largest absolute Gasteiger partial charge is 0.481 e. The van der Waals surface area contributed by atoms with Crippen molar-refractivity contribution in [1.29, 1.82) is 0 Å². The van der Waals surface area contributed by atoms with Gasteiger partial charge in [0.25, 0.3) is 0 Å². The summed E-state index contributed by atoms with van der Waals surface area (Å²) in [4.78, 5) is 34.5. The zero-order valence-electron chi connectivity index (χ0n) is 14.1. The summed E-state index contributed by atoms with van der Waals surface area (Å²) in [6.45, 7) is 9.77. The summed E-state index contributed by atoms with van der Waals surface area (Å²) < 4.78 is -0.134. The number of carbonyl (C=O) groups is 3. The van der Waals surface area contributed by atoms with Gasteiger partial charge >= 0.3 is 5.97 Å². The van der Waals surface area contributed by atoms with E-state index in [4.69, 9.17) is 10.8 Å². The first-order valence-corrected chi connectivity index (χ1v) is 7.97. The number of hydrogen-bond acceptors (Lipinski definition) is 5. The molecule has 1 aliphatic rings. The number of nitrogens with one attached hydrogen (secondary N) is 2. The summed E-state index contributed by atoms with van der Waals surface area (Å²) in [5, 5.41) is 14.0. The minimum atomic E-state index is -1.17. The van der Waals surface area contributed by atoms with Crippen LogP contribution in [0.25, 0.3) is 0 Å². The third-order valence-corrected chi connectivity index (χ3v) is 5.21. The van der Waals surface area contributed by atoms with E-state index in [1.165, 1.54) is 0 Å². The maximum Gasteiger partial charge on any atom is 0.305 e. The van der Waals surface area contributed by atoms with Gasteiger partial charge in [0, 0.05) is 9.49 Å². The highest BCUT2D eigenvalue weighted by Gasteiger charge is 2.54. The molecule has 1 fully saturated rings. The van der Waals surface area contributed by atoms with Crippen molar-refractivity contribution in [3.63, 3.8) is 0 Å². The van der Waals surface area contributed by atoms with Gasteiger partial charge < -0.3 is 26.9 Å². The molecule has 0 aromatic rings. The fourth-order valence-electron chi connectivity index (χ4n) is 2.86. The fraction of sp³-hybridized carbons (Fsp3) is 0.786. The topological polar surface area (TPSA) is 153 Å². The first-order valence-electron chi connectivity index (χ1n) is 7.15.